The van der Waals surface area contributed by atoms with Gasteiger partial charge < -0.3 is 5.11 Å². The van der Waals surface area contributed by atoms with Crippen molar-refractivity contribution < 1.29 is 13.5 Å². The Labute approximate surface area is 100 Å². The Bertz CT molecular complexity index is 631. The SMILES string of the molecule is Cc1cc(O)ccc1S(=O)(=O)c1ccccc1. The summed E-state index contributed by atoms with van der Waals surface area (Å²) in [7, 11) is -3.50. The van der Waals surface area contributed by atoms with E-state index in [1.54, 1.807) is 37.3 Å². The van der Waals surface area contributed by atoms with Crippen LogP contribution in [0.25, 0.3) is 0 Å². The van der Waals surface area contributed by atoms with E-state index in [1.807, 2.05) is 0 Å². The molecule has 2 aromatic rings. The number of aromatic hydroxyl groups is 1. The van der Waals surface area contributed by atoms with Gasteiger partial charge in [0.25, 0.3) is 0 Å². The van der Waals surface area contributed by atoms with E-state index in [9.17, 15) is 13.5 Å². The zero-order valence-electron chi connectivity index (χ0n) is 9.29. The molecule has 0 bridgehead atoms. The number of phenols is 1. The van der Waals surface area contributed by atoms with Crippen molar-refractivity contribution >= 4 is 9.84 Å². The van der Waals surface area contributed by atoms with Crippen LogP contribution in [0.2, 0.25) is 0 Å². The van der Waals surface area contributed by atoms with E-state index in [4.69, 9.17) is 0 Å². The van der Waals surface area contributed by atoms with Gasteiger partial charge in [0, 0.05) is 0 Å². The van der Waals surface area contributed by atoms with Crippen LogP contribution in [0, 0.1) is 6.92 Å². The highest BCUT2D eigenvalue weighted by molar-refractivity contribution is 7.91. The van der Waals surface area contributed by atoms with Gasteiger partial charge in [-0.2, -0.15) is 0 Å². The van der Waals surface area contributed by atoms with Crippen molar-refractivity contribution in [3.8, 4) is 5.75 Å². The monoisotopic (exact) mass is 248 g/mol. The first kappa shape index (κ1) is 11.7. The molecule has 0 amide bonds. The lowest BCUT2D eigenvalue weighted by Crippen LogP contribution is -2.03. The summed E-state index contributed by atoms with van der Waals surface area (Å²) in [6.45, 7) is 1.66. The van der Waals surface area contributed by atoms with Gasteiger partial charge in [-0.3, -0.25) is 0 Å². The summed E-state index contributed by atoms with van der Waals surface area (Å²) in [5, 5.41) is 9.28. The van der Waals surface area contributed by atoms with E-state index in [1.165, 1.54) is 18.2 Å². The standard InChI is InChI=1S/C13H12O3S/c1-10-9-11(14)7-8-13(10)17(15,16)12-5-3-2-4-6-12/h2-9,14H,1H3. The average molecular weight is 248 g/mol. The molecule has 0 saturated heterocycles. The molecule has 0 saturated carbocycles. The Morgan fingerprint density at radius 1 is 1.00 bits per heavy atom. The zero-order valence-corrected chi connectivity index (χ0v) is 10.1. The van der Waals surface area contributed by atoms with Gasteiger partial charge in [-0.1, -0.05) is 18.2 Å². The van der Waals surface area contributed by atoms with Crippen LogP contribution in [0.1, 0.15) is 5.56 Å². The molecule has 3 nitrogen and oxygen atoms in total. The number of hydrogen-bond donors (Lipinski definition) is 1. The zero-order chi connectivity index (χ0) is 12.5. The molecule has 2 rings (SSSR count). The fourth-order valence-electron chi connectivity index (χ4n) is 1.66. The van der Waals surface area contributed by atoms with Gasteiger partial charge in [0.1, 0.15) is 5.75 Å². The lowest BCUT2D eigenvalue weighted by molar-refractivity contribution is 0.474. The van der Waals surface area contributed by atoms with Gasteiger partial charge >= 0.3 is 0 Å². The number of rotatable bonds is 2. The molecule has 0 aliphatic rings. The molecule has 2 aromatic carbocycles. The fourth-order valence-corrected chi connectivity index (χ4v) is 3.16. The Morgan fingerprint density at radius 3 is 2.24 bits per heavy atom. The summed E-state index contributed by atoms with van der Waals surface area (Å²) in [5.41, 5.74) is 0.536. The van der Waals surface area contributed by atoms with E-state index in [-0.39, 0.29) is 15.5 Å². The molecule has 0 aliphatic carbocycles. The predicted molar refractivity (Wildman–Crippen MR) is 64.7 cm³/mol. The molecule has 0 unspecified atom stereocenters. The molecule has 0 aromatic heterocycles. The second-order valence-corrected chi connectivity index (χ2v) is 5.68. The van der Waals surface area contributed by atoms with Crippen LogP contribution in [0.15, 0.2) is 58.3 Å². The maximum absolute atomic E-state index is 12.3. The number of hydrogen-bond acceptors (Lipinski definition) is 3. The van der Waals surface area contributed by atoms with Crippen molar-refractivity contribution in [2.24, 2.45) is 0 Å². The molecule has 0 fully saturated rings. The minimum absolute atomic E-state index is 0.0644. The maximum atomic E-state index is 12.3. The highest BCUT2D eigenvalue weighted by atomic mass is 32.2. The van der Waals surface area contributed by atoms with Gasteiger partial charge in [0.05, 0.1) is 9.79 Å². The van der Waals surface area contributed by atoms with E-state index >= 15 is 0 Å². The van der Waals surface area contributed by atoms with Crippen LogP contribution in [-0.4, -0.2) is 13.5 Å². The lowest BCUT2D eigenvalue weighted by Gasteiger charge is -2.07. The average Bonchev–Trinajstić information content (AvgIpc) is 2.29. The van der Waals surface area contributed by atoms with Gasteiger partial charge in [0.2, 0.25) is 9.84 Å². The minimum atomic E-state index is -3.50. The first-order chi connectivity index (χ1) is 8.01. The molecule has 0 aliphatic heterocycles. The first-order valence-corrected chi connectivity index (χ1v) is 6.60. The maximum Gasteiger partial charge on any atom is 0.206 e. The van der Waals surface area contributed by atoms with Gasteiger partial charge in [-0.15, -0.1) is 0 Å². The fraction of sp³-hybridized carbons (Fsp3) is 0.0769. The van der Waals surface area contributed by atoms with Crippen LogP contribution < -0.4 is 0 Å². The molecule has 0 radical (unpaired) electrons. The summed E-state index contributed by atoms with van der Waals surface area (Å²) >= 11 is 0. The molecule has 1 N–H and O–H groups in total. The smallest absolute Gasteiger partial charge is 0.206 e. The normalized spacial score (nSPS) is 11.4. The lowest BCUT2D eigenvalue weighted by atomic mass is 10.2. The van der Waals surface area contributed by atoms with Crippen molar-refractivity contribution in [2.45, 2.75) is 16.7 Å². The Balaban J connectivity index is 2.61. The number of benzene rings is 2. The summed E-state index contributed by atoms with van der Waals surface area (Å²) in [5.74, 6) is 0.0644. The van der Waals surface area contributed by atoms with Crippen molar-refractivity contribution in [3.05, 3.63) is 54.1 Å². The van der Waals surface area contributed by atoms with Crippen molar-refractivity contribution in [3.63, 3.8) is 0 Å². The topological polar surface area (TPSA) is 54.4 Å². The Hall–Kier alpha value is -1.81. The van der Waals surface area contributed by atoms with E-state index in [0.717, 1.165) is 0 Å². The van der Waals surface area contributed by atoms with Gasteiger partial charge in [0.15, 0.2) is 0 Å². The van der Waals surface area contributed by atoms with E-state index < -0.39 is 9.84 Å². The molecular formula is C13H12O3S. The molecule has 0 spiro atoms. The van der Waals surface area contributed by atoms with Crippen molar-refractivity contribution in [1.82, 2.24) is 0 Å². The summed E-state index contributed by atoms with van der Waals surface area (Å²) in [4.78, 5) is 0.482. The second-order valence-electron chi connectivity index (χ2n) is 3.77. The van der Waals surface area contributed by atoms with Crippen molar-refractivity contribution in [2.75, 3.05) is 0 Å². The third-order valence-corrected chi connectivity index (χ3v) is 4.43. The molecular weight excluding hydrogens is 236 g/mol. The Kier molecular flexibility index (Phi) is 2.90. The van der Waals surface area contributed by atoms with Gasteiger partial charge in [-0.05, 0) is 42.8 Å². The molecule has 0 atom stereocenters. The summed E-state index contributed by atoms with van der Waals surface area (Å²) in [6.07, 6.45) is 0. The Morgan fingerprint density at radius 2 is 1.65 bits per heavy atom. The number of sulfone groups is 1. The van der Waals surface area contributed by atoms with Crippen LogP contribution in [0.3, 0.4) is 0 Å². The number of aryl methyl sites for hydroxylation is 1. The highest BCUT2D eigenvalue weighted by Crippen LogP contribution is 2.25. The van der Waals surface area contributed by atoms with Crippen LogP contribution in [-0.2, 0) is 9.84 Å². The summed E-state index contributed by atoms with van der Waals surface area (Å²) in [6, 6.07) is 12.5. The van der Waals surface area contributed by atoms with Crippen LogP contribution >= 0.6 is 0 Å². The first-order valence-electron chi connectivity index (χ1n) is 5.11. The largest absolute Gasteiger partial charge is 0.508 e. The second kappa shape index (κ2) is 4.22. The molecule has 17 heavy (non-hydrogen) atoms. The quantitative estimate of drug-likeness (QED) is 0.888. The van der Waals surface area contributed by atoms with E-state index in [2.05, 4.69) is 0 Å². The van der Waals surface area contributed by atoms with Gasteiger partial charge in [-0.25, -0.2) is 8.42 Å². The molecule has 0 heterocycles. The van der Waals surface area contributed by atoms with Crippen LogP contribution in [0.4, 0.5) is 0 Å². The van der Waals surface area contributed by atoms with E-state index in [0.29, 0.717) is 5.56 Å². The molecule has 4 heteroatoms. The third-order valence-electron chi connectivity index (χ3n) is 2.50. The molecule has 88 valence electrons. The third kappa shape index (κ3) is 2.17. The van der Waals surface area contributed by atoms with Crippen LogP contribution in [0.5, 0.6) is 5.75 Å². The highest BCUT2D eigenvalue weighted by Gasteiger charge is 2.19. The summed E-state index contributed by atoms with van der Waals surface area (Å²) < 4.78 is 24.6. The minimum Gasteiger partial charge on any atom is -0.508 e. The number of phenolic OH excluding ortho intramolecular Hbond substituents is 1. The predicted octanol–water partition coefficient (Wildman–Crippen LogP) is 2.53. The van der Waals surface area contributed by atoms with Crippen molar-refractivity contribution in [1.29, 1.82) is 0 Å².